The topological polar surface area (TPSA) is 82.8 Å². The molecular formula is C11H13N3O2S. The first-order valence-corrected chi connectivity index (χ1v) is 7.25. The maximum absolute atomic E-state index is 11.3. The predicted octanol–water partition coefficient (Wildman–Crippen LogP) is 0.942. The van der Waals surface area contributed by atoms with Gasteiger partial charge in [-0.25, -0.2) is 13.4 Å². The molecule has 1 saturated heterocycles. The minimum Gasteiger partial charge on any atom is -0.380 e. The largest absolute Gasteiger partial charge is 0.380 e. The van der Waals surface area contributed by atoms with Gasteiger partial charge in [-0.1, -0.05) is 0 Å². The molecule has 1 aliphatic rings. The average Bonchev–Trinajstić information content (AvgIpc) is 2.32. The molecule has 0 atom stereocenters. The van der Waals surface area contributed by atoms with Crippen molar-refractivity contribution in [2.75, 3.05) is 16.8 Å². The molecule has 1 aromatic heterocycles. The third-order valence-electron chi connectivity index (χ3n) is 2.83. The summed E-state index contributed by atoms with van der Waals surface area (Å²) in [7, 11) is -2.84. The summed E-state index contributed by atoms with van der Waals surface area (Å²) in [5, 5.41) is 12.1. The van der Waals surface area contributed by atoms with Crippen molar-refractivity contribution in [3.63, 3.8) is 0 Å². The molecule has 1 fully saturated rings. The Morgan fingerprint density at radius 1 is 1.41 bits per heavy atom. The molecule has 5 nitrogen and oxygen atoms in total. The zero-order valence-corrected chi connectivity index (χ0v) is 10.1. The Hall–Kier alpha value is -1.61. The van der Waals surface area contributed by atoms with Gasteiger partial charge < -0.3 is 5.32 Å². The van der Waals surface area contributed by atoms with Crippen LogP contribution in [0.3, 0.4) is 0 Å². The van der Waals surface area contributed by atoms with E-state index in [2.05, 4.69) is 10.3 Å². The monoisotopic (exact) mass is 251 g/mol. The van der Waals surface area contributed by atoms with Crippen molar-refractivity contribution >= 4 is 15.5 Å². The minimum atomic E-state index is -2.84. The standard InChI is InChI=1S/C11H13N3O2S/c12-8-11-10(2-1-5-13-11)14-9-3-6-17(15,16)7-4-9/h1-2,5,9,14H,3-4,6-7H2. The van der Waals surface area contributed by atoms with Crippen LogP contribution in [0.1, 0.15) is 18.5 Å². The van der Waals surface area contributed by atoms with E-state index >= 15 is 0 Å². The Balaban J connectivity index is 2.05. The number of hydrogen-bond donors (Lipinski definition) is 1. The quantitative estimate of drug-likeness (QED) is 0.845. The third kappa shape index (κ3) is 2.94. The van der Waals surface area contributed by atoms with E-state index < -0.39 is 9.84 Å². The normalized spacial score (nSPS) is 19.5. The van der Waals surface area contributed by atoms with Gasteiger partial charge in [0, 0.05) is 12.2 Å². The van der Waals surface area contributed by atoms with Crippen LogP contribution in [0.5, 0.6) is 0 Å². The fourth-order valence-electron chi connectivity index (χ4n) is 1.87. The number of anilines is 1. The van der Waals surface area contributed by atoms with Gasteiger partial charge in [0.05, 0.1) is 17.2 Å². The maximum atomic E-state index is 11.3. The Morgan fingerprint density at radius 3 is 2.76 bits per heavy atom. The van der Waals surface area contributed by atoms with Gasteiger partial charge in [0.25, 0.3) is 0 Å². The summed E-state index contributed by atoms with van der Waals surface area (Å²) < 4.78 is 22.6. The Morgan fingerprint density at radius 2 is 2.12 bits per heavy atom. The Kier molecular flexibility index (Phi) is 3.29. The van der Waals surface area contributed by atoms with E-state index in [0.29, 0.717) is 24.2 Å². The molecule has 1 aromatic rings. The van der Waals surface area contributed by atoms with Crippen LogP contribution in [-0.2, 0) is 9.84 Å². The summed E-state index contributed by atoms with van der Waals surface area (Å²) in [5.74, 6) is 0.430. The highest BCUT2D eigenvalue weighted by Crippen LogP contribution is 2.19. The van der Waals surface area contributed by atoms with Gasteiger partial charge in [-0.3, -0.25) is 0 Å². The van der Waals surface area contributed by atoms with Crippen LogP contribution in [0.15, 0.2) is 18.3 Å². The van der Waals surface area contributed by atoms with E-state index in [1.165, 1.54) is 0 Å². The highest BCUT2D eigenvalue weighted by atomic mass is 32.2. The number of aromatic nitrogens is 1. The van der Waals surface area contributed by atoms with Gasteiger partial charge in [-0.05, 0) is 25.0 Å². The molecule has 90 valence electrons. The molecule has 1 aliphatic heterocycles. The van der Waals surface area contributed by atoms with Gasteiger partial charge in [0.2, 0.25) is 0 Å². The number of nitrogens with zero attached hydrogens (tertiary/aromatic N) is 2. The fraction of sp³-hybridized carbons (Fsp3) is 0.455. The highest BCUT2D eigenvalue weighted by Gasteiger charge is 2.23. The molecule has 0 aliphatic carbocycles. The molecule has 0 aromatic carbocycles. The second-order valence-corrected chi connectivity index (χ2v) is 6.39. The number of pyridine rings is 1. The first-order valence-electron chi connectivity index (χ1n) is 5.43. The molecule has 2 rings (SSSR count). The van der Waals surface area contributed by atoms with Crippen LogP contribution in [0.4, 0.5) is 5.69 Å². The molecule has 0 saturated carbocycles. The predicted molar refractivity (Wildman–Crippen MR) is 64.3 cm³/mol. The molecule has 0 amide bonds. The van der Waals surface area contributed by atoms with Gasteiger partial charge in [0.15, 0.2) is 5.69 Å². The lowest BCUT2D eigenvalue weighted by molar-refractivity contribution is 0.559. The molecule has 0 unspecified atom stereocenters. The van der Waals surface area contributed by atoms with E-state index in [1.54, 1.807) is 18.3 Å². The van der Waals surface area contributed by atoms with Crippen molar-refractivity contribution in [3.8, 4) is 6.07 Å². The van der Waals surface area contributed by atoms with Crippen molar-refractivity contribution < 1.29 is 8.42 Å². The SMILES string of the molecule is N#Cc1ncccc1NC1CCS(=O)(=O)CC1. The van der Waals surface area contributed by atoms with Crippen LogP contribution in [0.25, 0.3) is 0 Å². The molecule has 2 heterocycles. The molecule has 17 heavy (non-hydrogen) atoms. The smallest absolute Gasteiger partial charge is 0.163 e. The third-order valence-corrected chi connectivity index (χ3v) is 4.54. The van der Waals surface area contributed by atoms with Crippen LogP contribution in [0.2, 0.25) is 0 Å². The number of hydrogen-bond acceptors (Lipinski definition) is 5. The molecule has 1 N–H and O–H groups in total. The van der Waals surface area contributed by atoms with Crippen LogP contribution >= 0.6 is 0 Å². The second-order valence-electron chi connectivity index (χ2n) is 4.08. The average molecular weight is 251 g/mol. The number of nitrogens with one attached hydrogen (secondary N) is 1. The summed E-state index contributed by atoms with van der Waals surface area (Å²) >= 11 is 0. The van der Waals surface area contributed by atoms with Crippen molar-refractivity contribution in [2.24, 2.45) is 0 Å². The lowest BCUT2D eigenvalue weighted by Gasteiger charge is -2.24. The van der Waals surface area contributed by atoms with E-state index in [4.69, 9.17) is 5.26 Å². The Bertz CT molecular complexity index is 534. The maximum Gasteiger partial charge on any atom is 0.163 e. The van der Waals surface area contributed by atoms with Crippen LogP contribution < -0.4 is 5.32 Å². The molecule has 6 heteroatoms. The first-order chi connectivity index (χ1) is 8.11. The zero-order chi connectivity index (χ0) is 12.3. The van der Waals surface area contributed by atoms with Crippen molar-refractivity contribution in [2.45, 2.75) is 18.9 Å². The highest BCUT2D eigenvalue weighted by molar-refractivity contribution is 7.91. The summed E-state index contributed by atoms with van der Waals surface area (Å²) in [4.78, 5) is 3.95. The summed E-state index contributed by atoms with van der Waals surface area (Å²) in [6.45, 7) is 0. The van der Waals surface area contributed by atoms with Gasteiger partial charge in [-0.15, -0.1) is 0 Å². The molecule has 0 spiro atoms. The van der Waals surface area contributed by atoms with Gasteiger partial charge in [-0.2, -0.15) is 5.26 Å². The summed E-state index contributed by atoms with van der Waals surface area (Å²) in [5.41, 5.74) is 1.03. The molecular weight excluding hydrogens is 238 g/mol. The van der Waals surface area contributed by atoms with E-state index in [9.17, 15) is 8.42 Å². The van der Waals surface area contributed by atoms with Crippen molar-refractivity contribution in [1.29, 1.82) is 5.26 Å². The fourth-order valence-corrected chi connectivity index (χ4v) is 3.36. The van der Waals surface area contributed by atoms with Crippen LogP contribution in [0, 0.1) is 11.3 Å². The van der Waals surface area contributed by atoms with Gasteiger partial charge in [0.1, 0.15) is 15.9 Å². The number of rotatable bonds is 2. The first kappa shape index (κ1) is 11.9. The Labute approximate surface area is 100 Å². The second kappa shape index (κ2) is 4.72. The van der Waals surface area contributed by atoms with E-state index in [0.717, 1.165) is 0 Å². The summed E-state index contributed by atoms with van der Waals surface area (Å²) in [6, 6.07) is 5.65. The lowest BCUT2D eigenvalue weighted by atomic mass is 10.1. The lowest BCUT2D eigenvalue weighted by Crippen LogP contribution is -2.32. The van der Waals surface area contributed by atoms with Gasteiger partial charge >= 0.3 is 0 Å². The summed E-state index contributed by atoms with van der Waals surface area (Å²) in [6.07, 6.45) is 2.74. The van der Waals surface area contributed by atoms with Crippen LogP contribution in [-0.4, -0.2) is 30.9 Å². The van der Waals surface area contributed by atoms with Crippen molar-refractivity contribution in [3.05, 3.63) is 24.0 Å². The minimum absolute atomic E-state index is 0.106. The number of sulfone groups is 1. The van der Waals surface area contributed by atoms with Crippen molar-refractivity contribution in [1.82, 2.24) is 4.98 Å². The number of nitriles is 1. The molecule has 0 bridgehead atoms. The molecule has 0 radical (unpaired) electrons. The van der Waals surface area contributed by atoms with E-state index in [-0.39, 0.29) is 17.5 Å². The van der Waals surface area contributed by atoms with E-state index in [1.807, 2.05) is 6.07 Å². The zero-order valence-electron chi connectivity index (χ0n) is 9.26.